The van der Waals surface area contributed by atoms with Gasteiger partial charge in [0.15, 0.2) is 0 Å². The fourth-order valence-electron chi connectivity index (χ4n) is 2.61. The molecule has 3 unspecified atom stereocenters. The van der Waals surface area contributed by atoms with Crippen LogP contribution in [0, 0.1) is 5.92 Å². The van der Waals surface area contributed by atoms with Crippen LogP contribution in [0.1, 0.15) is 26.7 Å². The largest absolute Gasteiger partial charge is 0.313 e. The summed E-state index contributed by atoms with van der Waals surface area (Å²) in [4.78, 5) is 2.68. The Morgan fingerprint density at radius 1 is 1.25 bits per heavy atom. The van der Waals surface area contributed by atoms with Crippen molar-refractivity contribution < 1.29 is 0 Å². The van der Waals surface area contributed by atoms with Gasteiger partial charge in [0.2, 0.25) is 0 Å². The Morgan fingerprint density at radius 2 is 2.08 bits per heavy atom. The van der Waals surface area contributed by atoms with E-state index in [1.54, 1.807) is 0 Å². The first-order valence-corrected chi connectivity index (χ1v) is 5.25. The van der Waals surface area contributed by atoms with E-state index in [0.717, 1.165) is 18.0 Å². The summed E-state index contributed by atoms with van der Waals surface area (Å²) in [6, 6.07) is 1.55. The molecule has 2 saturated heterocycles. The number of hydrogen-bond acceptors (Lipinski definition) is 2. The zero-order valence-electron chi connectivity index (χ0n) is 8.21. The zero-order valence-corrected chi connectivity index (χ0v) is 8.21. The second-order valence-electron chi connectivity index (χ2n) is 4.49. The molecule has 2 heterocycles. The van der Waals surface area contributed by atoms with Crippen LogP contribution < -0.4 is 5.32 Å². The van der Waals surface area contributed by atoms with Crippen LogP contribution in [0.5, 0.6) is 0 Å². The fourth-order valence-corrected chi connectivity index (χ4v) is 2.61. The highest BCUT2D eigenvalue weighted by Gasteiger charge is 2.32. The number of likely N-dealkylation sites (tertiary alicyclic amines) is 1. The van der Waals surface area contributed by atoms with Gasteiger partial charge in [0.05, 0.1) is 0 Å². The lowest BCUT2D eigenvalue weighted by Crippen LogP contribution is -2.40. The predicted octanol–water partition coefficient (Wildman–Crippen LogP) is 1.08. The molecule has 0 aliphatic carbocycles. The summed E-state index contributed by atoms with van der Waals surface area (Å²) in [5, 5.41) is 3.52. The zero-order chi connectivity index (χ0) is 8.55. The van der Waals surface area contributed by atoms with Crippen LogP contribution in [0.3, 0.4) is 0 Å². The minimum absolute atomic E-state index is 0.718. The first-order valence-electron chi connectivity index (χ1n) is 5.25. The van der Waals surface area contributed by atoms with Crippen LogP contribution in [0.2, 0.25) is 0 Å². The number of hydrogen-bond donors (Lipinski definition) is 1. The minimum Gasteiger partial charge on any atom is -0.313 e. The standard InChI is InChI=1S/C10H20N2/c1-8-4-6-12(7-8)10-3-5-11-9(10)2/h8-11H,3-7H2,1-2H3. The number of nitrogens with zero attached hydrogens (tertiary/aromatic N) is 1. The van der Waals surface area contributed by atoms with E-state index < -0.39 is 0 Å². The maximum atomic E-state index is 3.52. The molecule has 70 valence electrons. The van der Waals surface area contributed by atoms with Crippen molar-refractivity contribution >= 4 is 0 Å². The van der Waals surface area contributed by atoms with Crippen LogP contribution in [0.15, 0.2) is 0 Å². The molecule has 0 aromatic carbocycles. The van der Waals surface area contributed by atoms with Crippen LogP contribution in [-0.2, 0) is 0 Å². The molecule has 0 aromatic heterocycles. The molecule has 2 aliphatic heterocycles. The molecule has 2 nitrogen and oxygen atoms in total. The van der Waals surface area contributed by atoms with E-state index in [0.29, 0.717) is 0 Å². The Morgan fingerprint density at radius 3 is 2.58 bits per heavy atom. The van der Waals surface area contributed by atoms with E-state index in [2.05, 4.69) is 24.1 Å². The van der Waals surface area contributed by atoms with Crippen LogP contribution in [0.25, 0.3) is 0 Å². The summed E-state index contributed by atoms with van der Waals surface area (Å²) >= 11 is 0. The molecule has 2 aliphatic rings. The Balaban J connectivity index is 1.91. The highest BCUT2D eigenvalue weighted by Crippen LogP contribution is 2.23. The van der Waals surface area contributed by atoms with Crippen molar-refractivity contribution in [3.05, 3.63) is 0 Å². The molecule has 2 fully saturated rings. The van der Waals surface area contributed by atoms with E-state index in [-0.39, 0.29) is 0 Å². The Kier molecular flexibility index (Phi) is 2.37. The molecule has 1 N–H and O–H groups in total. The van der Waals surface area contributed by atoms with Crippen molar-refractivity contribution in [2.45, 2.75) is 38.8 Å². The van der Waals surface area contributed by atoms with Gasteiger partial charge in [-0.2, -0.15) is 0 Å². The maximum absolute atomic E-state index is 3.52. The second-order valence-corrected chi connectivity index (χ2v) is 4.49. The van der Waals surface area contributed by atoms with Crippen molar-refractivity contribution in [1.82, 2.24) is 10.2 Å². The molecular weight excluding hydrogens is 148 g/mol. The third-order valence-corrected chi connectivity index (χ3v) is 3.41. The van der Waals surface area contributed by atoms with E-state index in [4.69, 9.17) is 0 Å². The van der Waals surface area contributed by atoms with Crippen LogP contribution >= 0.6 is 0 Å². The second kappa shape index (κ2) is 3.35. The van der Waals surface area contributed by atoms with Gasteiger partial charge >= 0.3 is 0 Å². The molecule has 12 heavy (non-hydrogen) atoms. The first kappa shape index (κ1) is 8.52. The van der Waals surface area contributed by atoms with Gasteiger partial charge in [-0.25, -0.2) is 0 Å². The smallest absolute Gasteiger partial charge is 0.0258 e. The monoisotopic (exact) mass is 168 g/mol. The Labute approximate surface area is 75.3 Å². The summed E-state index contributed by atoms with van der Waals surface area (Å²) in [6.07, 6.45) is 2.76. The fraction of sp³-hybridized carbons (Fsp3) is 1.00. The van der Waals surface area contributed by atoms with E-state index in [9.17, 15) is 0 Å². The summed E-state index contributed by atoms with van der Waals surface area (Å²) in [6.45, 7) is 8.57. The summed E-state index contributed by atoms with van der Waals surface area (Å²) in [5.74, 6) is 0.929. The third kappa shape index (κ3) is 1.50. The molecule has 0 bridgehead atoms. The average molecular weight is 168 g/mol. The quantitative estimate of drug-likeness (QED) is 0.630. The lowest BCUT2D eigenvalue weighted by atomic mass is 10.1. The van der Waals surface area contributed by atoms with Gasteiger partial charge in [-0.05, 0) is 38.8 Å². The third-order valence-electron chi connectivity index (χ3n) is 3.41. The van der Waals surface area contributed by atoms with Gasteiger partial charge in [0.25, 0.3) is 0 Å². The van der Waals surface area contributed by atoms with Crippen LogP contribution in [-0.4, -0.2) is 36.6 Å². The van der Waals surface area contributed by atoms with E-state index in [1.807, 2.05) is 0 Å². The van der Waals surface area contributed by atoms with E-state index >= 15 is 0 Å². The number of nitrogens with one attached hydrogen (secondary N) is 1. The van der Waals surface area contributed by atoms with Gasteiger partial charge in [-0.15, -0.1) is 0 Å². The highest BCUT2D eigenvalue weighted by molar-refractivity contribution is 4.90. The molecule has 0 aromatic rings. The predicted molar refractivity (Wildman–Crippen MR) is 51.2 cm³/mol. The van der Waals surface area contributed by atoms with Crippen molar-refractivity contribution in [2.24, 2.45) is 5.92 Å². The highest BCUT2D eigenvalue weighted by atomic mass is 15.2. The van der Waals surface area contributed by atoms with Crippen molar-refractivity contribution in [1.29, 1.82) is 0 Å². The van der Waals surface area contributed by atoms with Gasteiger partial charge in [-0.3, -0.25) is 4.90 Å². The molecule has 2 heteroatoms. The summed E-state index contributed by atoms with van der Waals surface area (Å²) < 4.78 is 0. The van der Waals surface area contributed by atoms with Gasteiger partial charge < -0.3 is 5.32 Å². The van der Waals surface area contributed by atoms with Gasteiger partial charge in [0.1, 0.15) is 0 Å². The maximum Gasteiger partial charge on any atom is 0.0258 e. The molecule has 0 radical (unpaired) electrons. The molecule has 2 rings (SSSR count). The molecule has 0 saturated carbocycles. The lowest BCUT2D eigenvalue weighted by molar-refractivity contribution is 0.223. The van der Waals surface area contributed by atoms with E-state index in [1.165, 1.54) is 32.5 Å². The lowest BCUT2D eigenvalue weighted by Gasteiger charge is -2.26. The molecule has 0 spiro atoms. The normalized spacial score (nSPS) is 44.0. The topological polar surface area (TPSA) is 15.3 Å². The summed E-state index contributed by atoms with van der Waals surface area (Å²) in [5.41, 5.74) is 0. The van der Waals surface area contributed by atoms with Crippen molar-refractivity contribution in [2.75, 3.05) is 19.6 Å². The van der Waals surface area contributed by atoms with Gasteiger partial charge in [0, 0.05) is 18.6 Å². The molecule has 3 atom stereocenters. The first-order chi connectivity index (χ1) is 5.77. The summed E-state index contributed by atoms with van der Waals surface area (Å²) in [7, 11) is 0. The molecular formula is C10H20N2. The van der Waals surface area contributed by atoms with Gasteiger partial charge in [-0.1, -0.05) is 6.92 Å². The number of rotatable bonds is 1. The Bertz CT molecular complexity index is 158. The SMILES string of the molecule is CC1CCN(C2CCNC2C)C1. The van der Waals surface area contributed by atoms with Crippen molar-refractivity contribution in [3.8, 4) is 0 Å². The Hall–Kier alpha value is -0.0800. The minimum atomic E-state index is 0.718. The van der Waals surface area contributed by atoms with Crippen molar-refractivity contribution in [3.63, 3.8) is 0 Å². The van der Waals surface area contributed by atoms with Crippen LogP contribution in [0.4, 0.5) is 0 Å². The molecule has 0 amide bonds. The average Bonchev–Trinajstić information content (AvgIpc) is 2.58.